The smallest absolute Gasteiger partial charge is 0.416 e. The number of hydrogen-bond acceptors (Lipinski definition) is 4. The molecule has 1 aliphatic heterocycles. The van der Waals surface area contributed by atoms with Crippen LogP contribution in [0.25, 0.3) is 0 Å². The number of alkyl halides is 3. The van der Waals surface area contributed by atoms with Gasteiger partial charge in [-0.2, -0.15) is 13.2 Å². The van der Waals surface area contributed by atoms with Gasteiger partial charge in [-0.1, -0.05) is 19.9 Å². The Bertz CT molecular complexity index is 881. The van der Waals surface area contributed by atoms with Gasteiger partial charge < -0.3 is 20.1 Å². The summed E-state index contributed by atoms with van der Waals surface area (Å²) >= 11 is 0. The maximum atomic E-state index is 13.4. The highest BCUT2D eigenvalue weighted by Crippen LogP contribution is 2.33. The largest absolute Gasteiger partial charge is 0.493 e. The minimum Gasteiger partial charge on any atom is -0.493 e. The summed E-state index contributed by atoms with van der Waals surface area (Å²) in [4.78, 5) is 0. The number of benzene rings is 2. The second kappa shape index (κ2) is 11.0. The van der Waals surface area contributed by atoms with Crippen LogP contribution in [0.15, 0.2) is 36.4 Å². The molecular weight excluding hydrogens is 424 g/mol. The molecule has 0 spiro atoms. The molecular formula is C24H30F4N2O2. The highest BCUT2D eigenvalue weighted by atomic mass is 19.4. The normalized spacial score (nSPS) is 16.5. The van der Waals surface area contributed by atoms with Gasteiger partial charge in [-0.25, -0.2) is 4.39 Å². The highest BCUT2D eigenvalue weighted by molar-refractivity contribution is 5.39. The van der Waals surface area contributed by atoms with E-state index in [0.717, 1.165) is 43.8 Å². The maximum Gasteiger partial charge on any atom is 0.416 e. The second-order valence-corrected chi connectivity index (χ2v) is 8.60. The molecule has 176 valence electrons. The van der Waals surface area contributed by atoms with Crippen LogP contribution in [0.5, 0.6) is 11.5 Å². The van der Waals surface area contributed by atoms with Crippen molar-refractivity contribution in [3.05, 3.63) is 58.9 Å². The molecule has 0 bridgehead atoms. The summed E-state index contributed by atoms with van der Waals surface area (Å²) in [6.45, 7) is 7.76. The average Bonchev–Trinajstić information content (AvgIpc) is 3.24. The fourth-order valence-electron chi connectivity index (χ4n) is 3.57. The first kappa shape index (κ1) is 24.3. The molecule has 1 heterocycles. The number of hydrogen-bond donors (Lipinski definition) is 2. The Hall–Kier alpha value is -2.32. The van der Waals surface area contributed by atoms with Crippen molar-refractivity contribution in [1.82, 2.24) is 10.6 Å². The van der Waals surface area contributed by atoms with E-state index < -0.39 is 17.6 Å². The molecule has 1 unspecified atom stereocenters. The Morgan fingerprint density at radius 3 is 2.50 bits per heavy atom. The summed E-state index contributed by atoms with van der Waals surface area (Å²) in [6, 6.07) is 7.98. The minimum absolute atomic E-state index is 0.124. The Labute approximate surface area is 186 Å². The van der Waals surface area contributed by atoms with E-state index >= 15 is 0 Å². The lowest BCUT2D eigenvalue weighted by Gasteiger charge is -2.16. The first-order chi connectivity index (χ1) is 15.2. The molecule has 8 heteroatoms. The fourth-order valence-corrected chi connectivity index (χ4v) is 3.57. The lowest BCUT2D eigenvalue weighted by atomic mass is 10.1. The molecule has 2 N–H and O–H groups in total. The van der Waals surface area contributed by atoms with Crippen LogP contribution in [0.1, 0.15) is 37.0 Å². The van der Waals surface area contributed by atoms with Gasteiger partial charge in [0, 0.05) is 18.2 Å². The van der Waals surface area contributed by atoms with Gasteiger partial charge in [0.1, 0.15) is 23.9 Å². The van der Waals surface area contributed by atoms with Gasteiger partial charge in [-0.3, -0.25) is 0 Å². The van der Waals surface area contributed by atoms with Gasteiger partial charge in [-0.15, -0.1) is 0 Å². The quantitative estimate of drug-likeness (QED) is 0.487. The van der Waals surface area contributed by atoms with Crippen LogP contribution in [0.2, 0.25) is 0 Å². The molecule has 0 saturated carbocycles. The first-order valence-corrected chi connectivity index (χ1v) is 10.9. The van der Waals surface area contributed by atoms with Crippen LogP contribution < -0.4 is 20.1 Å². The van der Waals surface area contributed by atoms with Crippen LogP contribution in [0.3, 0.4) is 0 Å². The summed E-state index contributed by atoms with van der Waals surface area (Å²) in [5.41, 5.74) is -0.236. The van der Waals surface area contributed by atoms with Crippen molar-refractivity contribution < 1.29 is 27.0 Å². The molecule has 3 rings (SSSR count). The molecule has 32 heavy (non-hydrogen) atoms. The van der Waals surface area contributed by atoms with E-state index in [0.29, 0.717) is 42.6 Å². The summed E-state index contributed by atoms with van der Waals surface area (Å²) in [7, 11) is 0. The standard InChI is InChI=1S/C24H30F4N2O2/c1-16(2)14-31-21-7-18(13-30-12-17-5-6-29-11-17)8-22(10-21)32-15-19-3-4-20(25)9-23(19)24(26,27)28/h3-4,7-10,16-17,29-30H,5-6,11-15H2,1-2H3. The summed E-state index contributed by atoms with van der Waals surface area (Å²) < 4.78 is 64.7. The van der Waals surface area contributed by atoms with E-state index in [2.05, 4.69) is 10.6 Å². The van der Waals surface area contributed by atoms with E-state index in [4.69, 9.17) is 9.47 Å². The number of ether oxygens (including phenoxy) is 2. The second-order valence-electron chi connectivity index (χ2n) is 8.60. The zero-order chi connectivity index (χ0) is 23.1. The Balaban J connectivity index is 1.72. The van der Waals surface area contributed by atoms with Gasteiger partial charge in [0.2, 0.25) is 0 Å². The molecule has 1 fully saturated rings. The van der Waals surface area contributed by atoms with Gasteiger partial charge in [0.15, 0.2) is 0 Å². The van der Waals surface area contributed by atoms with Gasteiger partial charge in [0.25, 0.3) is 0 Å². The van der Waals surface area contributed by atoms with E-state index in [1.807, 2.05) is 19.9 Å². The third-order valence-corrected chi connectivity index (χ3v) is 5.22. The minimum atomic E-state index is -4.66. The first-order valence-electron chi connectivity index (χ1n) is 10.9. The van der Waals surface area contributed by atoms with Crippen LogP contribution in [0, 0.1) is 17.7 Å². The zero-order valence-electron chi connectivity index (χ0n) is 18.4. The van der Waals surface area contributed by atoms with Gasteiger partial charge in [-0.05, 0) is 67.7 Å². The summed E-state index contributed by atoms with van der Waals surface area (Å²) in [5, 5.41) is 6.76. The van der Waals surface area contributed by atoms with Crippen molar-refractivity contribution in [3.8, 4) is 11.5 Å². The molecule has 0 radical (unpaired) electrons. The van der Waals surface area contributed by atoms with Crippen LogP contribution >= 0.6 is 0 Å². The summed E-state index contributed by atoms with van der Waals surface area (Å²) in [5.74, 6) is 0.986. The van der Waals surface area contributed by atoms with Gasteiger partial charge >= 0.3 is 6.18 Å². The van der Waals surface area contributed by atoms with Crippen molar-refractivity contribution in [2.24, 2.45) is 11.8 Å². The molecule has 1 saturated heterocycles. The molecule has 0 aliphatic carbocycles. The van der Waals surface area contributed by atoms with Crippen molar-refractivity contribution in [2.45, 2.75) is 39.6 Å². The van der Waals surface area contributed by atoms with Crippen LogP contribution in [0.4, 0.5) is 17.6 Å². The number of rotatable bonds is 10. The third-order valence-electron chi connectivity index (χ3n) is 5.22. The predicted octanol–water partition coefficient (Wildman–Crippen LogP) is 5.16. The van der Waals surface area contributed by atoms with E-state index in [1.54, 1.807) is 12.1 Å². The predicted molar refractivity (Wildman–Crippen MR) is 115 cm³/mol. The average molecular weight is 455 g/mol. The van der Waals surface area contributed by atoms with Crippen molar-refractivity contribution in [3.63, 3.8) is 0 Å². The van der Waals surface area contributed by atoms with Crippen LogP contribution in [-0.2, 0) is 19.3 Å². The third kappa shape index (κ3) is 7.38. The molecule has 2 aromatic carbocycles. The number of nitrogens with one attached hydrogen (secondary N) is 2. The lowest BCUT2D eigenvalue weighted by molar-refractivity contribution is -0.138. The Morgan fingerprint density at radius 1 is 1.09 bits per heavy atom. The molecule has 1 atom stereocenters. The van der Waals surface area contributed by atoms with E-state index in [9.17, 15) is 17.6 Å². The monoisotopic (exact) mass is 454 g/mol. The van der Waals surface area contributed by atoms with Crippen molar-refractivity contribution in [1.29, 1.82) is 0 Å². The fraction of sp³-hybridized carbons (Fsp3) is 0.500. The zero-order valence-corrected chi connectivity index (χ0v) is 18.4. The molecule has 4 nitrogen and oxygen atoms in total. The Kier molecular flexibility index (Phi) is 8.37. The molecule has 2 aromatic rings. The lowest BCUT2D eigenvalue weighted by Crippen LogP contribution is -2.24. The van der Waals surface area contributed by atoms with Crippen molar-refractivity contribution >= 4 is 0 Å². The Morgan fingerprint density at radius 2 is 1.84 bits per heavy atom. The van der Waals surface area contributed by atoms with E-state index in [-0.39, 0.29) is 12.2 Å². The topological polar surface area (TPSA) is 42.5 Å². The van der Waals surface area contributed by atoms with Gasteiger partial charge in [0.05, 0.1) is 12.2 Å². The highest BCUT2D eigenvalue weighted by Gasteiger charge is 2.33. The molecule has 0 aromatic heterocycles. The summed E-state index contributed by atoms with van der Waals surface area (Å²) in [6.07, 6.45) is -3.52. The SMILES string of the molecule is CC(C)COc1cc(CNCC2CCNC2)cc(OCc2ccc(F)cc2C(F)(F)F)c1. The van der Waals surface area contributed by atoms with Crippen LogP contribution in [-0.4, -0.2) is 26.2 Å². The number of halogens is 4. The maximum absolute atomic E-state index is 13.4. The van der Waals surface area contributed by atoms with Crippen molar-refractivity contribution in [2.75, 3.05) is 26.2 Å². The van der Waals surface area contributed by atoms with E-state index in [1.165, 1.54) is 0 Å². The molecule has 1 aliphatic rings. The molecule has 0 amide bonds.